The van der Waals surface area contributed by atoms with Crippen LogP contribution in [0.2, 0.25) is 0 Å². The second-order valence-electron chi connectivity index (χ2n) is 6.31. The molecule has 0 spiro atoms. The number of nitrogens with one attached hydrogen (secondary N) is 1. The summed E-state index contributed by atoms with van der Waals surface area (Å²) in [6.45, 7) is 3.07. The van der Waals surface area contributed by atoms with Crippen molar-refractivity contribution < 1.29 is 13.9 Å². The van der Waals surface area contributed by atoms with E-state index in [-0.39, 0.29) is 17.8 Å². The first-order valence-corrected chi connectivity index (χ1v) is 8.31. The minimum absolute atomic E-state index is 0.00817. The average molecular weight is 327 g/mol. The first-order valence-electron chi connectivity index (χ1n) is 8.31. The van der Waals surface area contributed by atoms with Crippen LogP contribution < -0.4 is 5.32 Å². The molecule has 0 aliphatic carbocycles. The highest BCUT2D eigenvalue weighted by atomic mass is 19.1. The minimum atomic E-state index is -0.562. The molecule has 3 nitrogen and oxygen atoms in total. The van der Waals surface area contributed by atoms with E-state index >= 15 is 0 Å². The molecule has 2 aromatic rings. The van der Waals surface area contributed by atoms with Gasteiger partial charge in [-0.2, -0.15) is 0 Å². The molecule has 0 bridgehead atoms. The molecule has 0 saturated carbocycles. The van der Waals surface area contributed by atoms with E-state index in [0.717, 1.165) is 11.1 Å². The van der Waals surface area contributed by atoms with Gasteiger partial charge in [-0.3, -0.25) is 4.79 Å². The van der Waals surface area contributed by atoms with E-state index in [2.05, 4.69) is 5.32 Å². The highest BCUT2D eigenvalue weighted by molar-refractivity contribution is 5.88. The molecular weight excluding hydrogens is 305 g/mol. The second-order valence-corrected chi connectivity index (χ2v) is 6.31. The third-order valence-electron chi connectivity index (χ3n) is 4.82. The molecule has 1 N–H and O–H groups in total. The van der Waals surface area contributed by atoms with Crippen LogP contribution in [-0.4, -0.2) is 19.1 Å². The van der Waals surface area contributed by atoms with Crippen molar-refractivity contribution in [1.82, 2.24) is 5.32 Å². The summed E-state index contributed by atoms with van der Waals surface area (Å²) in [7, 11) is 0. The quantitative estimate of drug-likeness (QED) is 0.929. The molecule has 0 radical (unpaired) electrons. The van der Waals surface area contributed by atoms with E-state index in [0.29, 0.717) is 26.1 Å². The zero-order valence-electron chi connectivity index (χ0n) is 13.8. The van der Waals surface area contributed by atoms with Crippen LogP contribution in [0.15, 0.2) is 54.6 Å². The number of hydrogen-bond donors (Lipinski definition) is 1. The van der Waals surface area contributed by atoms with Crippen molar-refractivity contribution in [2.45, 2.75) is 31.2 Å². The SMILES string of the molecule is C[C@@H](NC(=O)C1(c2ccccc2)CCOCC1)c1ccc(F)cc1. The standard InChI is InChI=1S/C20H22FNO2/c1-15(16-7-9-18(21)10-8-16)22-19(23)20(11-13-24-14-12-20)17-5-3-2-4-6-17/h2-10,15H,11-14H2,1H3,(H,22,23)/t15-/m1/s1. The summed E-state index contributed by atoms with van der Waals surface area (Å²) in [5.74, 6) is -0.267. The van der Waals surface area contributed by atoms with Crippen LogP contribution in [0.1, 0.15) is 36.9 Å². The lowest BCUT2D eigenvalue weighted by Gasteiger charge is -2.37. The molecular formula is C20H22FNO2. The molecule has 24 heavy (non-hydrogen) atoms. The van der Waals surface area contributed by atoms with Gasteiger partial charge in [0.05, 0.1) is 11.5 Å². The average Bonchev–Trinajstić information content (AvgIpc) is 2.63. The summed E-state index contributed by atoms with van der Waals surface area (Å²) in [4.78, 5) is 13.1. The lowest BCUT2D eigenvalue weighted by Crippen LogP contribution is -2.48. The summed E-state index contributed by atoms with van der Waals surface area (Å²) in [6, 6.07) is 16.0. The Morgan fingerprint density at radius 3 is 2.33 bits per heavy atom. The first-order chi connectivity index (χ1) is 11.6. The number of benzene rings is 2. The maximum absolute atomic E-state index is 13.1. The van der Waals surface area contributed by atoms with Crippen LogP contribution in [0.25, 0.3) is 0 Å². The molecule has 4 heteroatoms. The molecule has 2 aromatic carbocycles. The summed E-state index contributed by atoms with van der Waals surface area (Å²) >= 11 is 0. The fourth-order valence-corrected chi connectivity index (χ4v) is 3.29. The van der Waals surface area contributed by atoms with Gasteiger partial charge in [0.15, 0.2) is 0 Å². The highest BCUT2D eigenvalue weighted by Gasteiger charge is 2.42. The lowest BCUT2D eigenvalue weighted by molar-refractivity contribution is -0.131. The Kier molecular flexibility index (Phi) is 4.95. The van der Waals surface area contributed by atoms with Crippen molar-refractivity contribution in [1.29, 1.82) is 0 Å². The van der Waals surface area contributed by atoms with Crippen LogP contribution in [-0.2, 0) is 14.9 Å². The Morgan fingerprint density at radius 1 is 1.08 bits per heavy atom. The summed E-state index contributed by atoms with van der Waals surface area (Å²) < 4.78 is 18.6. The zero-order chi connectivity index (χ0) is 17.0. The van der Waals surface area contributed by atoms with Crippen molar-refractivity contribution in [2.75, 3.05) is 13.2 Å². The van der Waals surface area contributed by atoms with Crippen LogP contribution >= 0.6 is 0 Å². The predicted octanol–water partition coefficient (Wildman–Crippen LogP) is 3.75. The Bertz CT molecular complexity index is 679. The van der Waals surface area contributed by atoms with Gasteiger partial charge in [-0.25, -0.2) is 4.39 Å². The molecule has 1 heterocycles. The van der Waals surface area contributed by atoms with Gasteiger partial charge in [-0.05, 0) is 43.0 Å². The molecule has 1 amide bonds. The second kappa shape index (κ2) is 7.14. The van der Waals surface area contributed by atoms with E-state index in [1.807, 2.05) is 37.3 Å². The van der Waals surface area contributed by atoms with Gasteiger partial charge in [0, 0.05) is 13.2 Å². The van der Waals surface area contributed by atoms with Crippen LogP contribution in [0.3, 0.4) is 0 Å². The molecule has 1 fully saturated rings. The van der Waals surface area contributed by atoms with E-state index in [9.17, 15) is 9.18 Å². The lowest BCUT2D eigenvalue weighted by atomic mass is 9.73. The number of rotatable bonds is 4. The largest absolute Gasteiger partial charge is 0.381 e. The molecule has 1 saturated heterocycles. The Balaban J connectivity index is 1.83. The third-order valence-corrected chi connectivity index (χ3v) is 4.82. The summed E-state index contributed by atoms with van der Waals surface area (Å²) in [5, 5.41) is 3.11. The number of hydrogen-bond acceptors (Lipinski definition) is 2. The Hall–Kier alpha value is -2.20. The zero-order valence-corrected chi connectivity index (χ0v) is 13.8. The van der Waals surface area contributed by atoms with Crippen LogP contribution in [0.5, 0.6) is 0 Å². The Morgan fingerprint density at radius 2 is 1.71 bits per heavy atom. The van der Waals surface area contributed by atoms with Crippen LogP contribution in [0, 0.1) is 5.82 Å². The van der Waals surface area contributed by atoms with Gasteiger partial charge in [0.1, 0.15) is 5.82 Å². The summed E-state index contributed by atoms with van der Waals surface area (Å²) in [5.41, 5.74) is 1.35. The first kappa shape index (κ1) is 16.7. The molecule has 1 aliphatic heterocycles. The van der Waals surface area contributed by atoms with Gasteiger partial charge >= 0.3 is 0 Å². The van der Waals surface area contributed by atoms with Crippen molar-refractivity contribution in [3.8, 4) is 0 Å². The number of halogens is 1. The van der Waals surface area contributed by atoms with E-state index in [1.165, 1.54) is 12.1 Å². The van der Waals surface area contributed by atoms with Crippen molar-refractivity contribution in [3.63, 3.8) is 0 Å². The van der Waals surface area contributed by atoms with E-state index in [4.69, 9.17) is 4.74 Å². The van der Waals surface area contributed by atoms with Gasteiger partial charge < -0.3 is 10.1 Å². The molecule has 0 aromatic heterocycles. The number of amides is 1. The number of ether oxygens (including phenoxy) is 1. The van der Waals surface area contributed by atoms with Gasteiger partial charge in [-0.1, -0.05) is 42.5 Å². The maximum Gasteiger partial charge on any atom is 0.231 e. The van der Waals surface area contributed by atoms with Crippen molar-refractivity contribution in [3.05, 3.63) is 71.5 Å². The topological polar surface area (TPSA) is 38.3 Å². The van der Waals surface area contributed by atoms with E-state index < -0.39 is 5.41 Å². The fraction of sp³-hybridized carbons (Fsp3) is 0.350. The van der Waals surface area contributed by atoms with Gasteiger partial charge in [0.2, 0.25) is 5.91 Å². The highest BCUT2D eigenvalue weighted by Crippen LogP contribution is 2.35. The van der Waals surface area contributed by atoms with Crippen LogP contribution in [0.4, 0.5) is 4.39 Å². The minimum Gasteiger partial charge on any atom is -0.381 e. The normalized spacial score (nSPS) is 17.9. The number of carbonyl (C=O) groups is 1. The molecule has 0 unspecified atom stereocenters. The predicted molar refractivity (Wildman–Crippen MR) is 91.1 cm³/mol. The molecule has 1 aliphatic rings. The van der Waals surface area contributed by atoms with Crippen molar-refractivity contribution in [2.24, 2.45) is 0 Å². The smallest absolute Gasteiger partial charge is 0.231 e. The van der Waals surface area contributed by atoms with Gasteiger partial charge in [0.25, 0.3) is 0 Å². The number of carbonyl (C=O) groups excluding carboxylic acids is 1. The molecule has 1 atom stereocenters. The fourth-order valence-electron chi connectivity index (χ4n) is 3.29. The summed E-state index contributed by atoms with van der Waals surface area (Å²) in [6.07, 6.45) is 1.33. The Labute approximate surface area is 141 Å². The van der Waals surface area contributed by atoms with Crippen molar-refractivity contribution >= 4 is 5.91 Å². The molecule has 3 rings (SSSR count). The molecule has 126 valence electrons. The maximum atomic E-state index is 13.1. The van der Waals surface area contributed by atoms with Gasteiger partial charge in [-0.15, -0.1) is 0 Å². The third kappa shape index (κ3) is 3.34. The monoisotopic (exact) mass is 327 g/mol. The van der Waals surface area contributed by atoms with E-state index in [1.54, 1.807) is 12.1 Å².